The van der Waals surface area contributed by atoms with E-state index in [2.05, 4.69) is 5.10 Å². The molecular weight excluding hydrogens is 452 g/mol. The molecule has 8 nitrogen and oxygen atoms in total. The number of methoxy groups -OCH3 is 1. The van der Waals surface area contributed by atoms with E-state index in [0.29, 0.717) is 10.6 Å². The summed E-state index contributed by atoms with van der Waals surface area (Å²) in [5, 5.41) is 4.45. The monoisotopic (exact) mass is 482 g/mol. The zero-order valence-electron chi connectivity index (χ0n) is 20.2. The number of amides is 1. The number of hydrogen-bond acceptors (Lipinski definition) is 5. The Hall–Kier alpha value is -3.17. The highest BCUT2D eigenvalue weighted by Gasteiger charge is 2.34. The molecule has 4 rings (SSSR count). The highest BCUT2D eigenvalue weighted by Crippen LogP contribution is 2.30. The van der Waals surface area contributed by atoms with Crippen molar-refractivity contribution in [3.8, 4) is 11.4 Å². The van der Waals surface area contributed by atoms with Gasteiger partial charge in [-0.1, -0.05) is 24.3 Å². The molecule has 0 atom stereocenters. The SMILES string of the molecule is COc1cn(-c2ccccc2)nc1C(=O)N1CCN(S(=O)(=O)c2c(C)c(C)cc(C)c2C)CC1. The predicted octanol–water partition coefficient (Wildman–Crippen LogP) is 3.26. The first-order valence-corrected chi connectivity index (χ1v) is 12.6. The Labute approximate surface area is 200 Å². The minimum absolute atomic E-state index is 0.212. The van der Waals surface area contributed by atoms with Gasteiger partial charge in [-0.2, -0.15) is 9.40 Å². The number of sulfonamides is 1. The van der Waals surface area contributed by atoms with Crippen LogP contribution in [-0.2, 0) is 10.0 Å². The Morgan fingerprint density at radius 3 is 2.09 bits per heavy atom. The number of para-hydroxylation sites is 1. The van der Waals surface area contributed by atoms with Crippen LogP contribution in [0, 0.1) is 27.7 Å². The van der Waals surface area contributed by atoms with Crippen molar-refractivity contribution in [2.75, 3.05) is 33.3 Å². The zero-order chi connectivity index (χ0) is 24.6. The average molecular weight is 483 g/mol. The lowest BCUT2D eigenvalue weighted by molar-refractivity contribution is 0.0688. The third kappa shape index (κ3) is 4.21. The van der Waals surface area contributed by atoms with E-state index >= 15 is 0 Å². The Kier molecular flexibility index (Phi) is 6.51. The number of aromatic nitrogens is 2. The van der Waals surface area contributed by atoms with Gasteiger partial charge in [-0.15, -0.1) is 0 Å². The van der Waals surface area contributed by atoms with Crippen molar-refractivity contribution in [2.45, 2.75) is 32.6 Å². The van der Waals surface area contributed by atoms with Crippen LogP contribution in [0.5, 0.6) is 5.75 Å². The van der Waals surface area contributed by atoms with E-state index in [1.54, 1.807) is 15.8 Å². The predicted molar refractivity (Wildman–Crippen MR) is 130 cm³/mol. The van der Waals surface area contributed by atoms with Crippen LogP contribution in [0.2, 0.25) is 0 Å². The number of carbonyl (C=O) groups excluding carboxylic acids is 1. The standard InChI is InChI=1S/C25H30N4O4S/c1-17-15-18(2)20(4)24(19(17)3)34(31,32)28-13-11-27(12-14-28)25(30)23-22(33-5)16-29(26-23)21-9-7-6-8-10-21/h6-10,15-16H,11-14H2,1-5H3. The van der Waals surface area contributed by atoms with Crippen LogP contribution in [0.4, 0.5) is 0 Å². The second-order valence-electron chi connectivity index (χ2n) is 8.61. The molecule has 1 saturated heterocycles. The van der Waals surface area contributed by atoms with Gasteiger partial charge in [-0.3, -0.25) is 4.79 Å². The Morgan fingerprint density at radius 1 is 0.941 bits per heavy atom. The van der Waals surface area contributed by atoms with Crippen LogP contribution in [-0.4, -0.2) is 66.6 Å². The fraction of sp³-hybridized carbons (Fsp3) is 0.360. The van der Waals surface area contributed by atoms with E-state index in [4.69, 9.17) is 4.74 Å². The van der Waals surface area contributed by atoms with Crippen molar-refractivity contribution in [1.29, 1.82) is 0 Å². The minimum Gasteiger partial charge on any atom is -0.493 e. The van der Waals surface area contributed by atoms with Crippen LogP contribution in [0.3, 0.4) is 0 Å². The topological polar surface area (TPSA) is 84.7 Å². The molecule has 0 N–H and O–H groups in total. The molecule has 0 saturated carbocycles. The Bertz CT molecular complexity index is 1300. The number of nitrogens with zero attached hydrogens (tertiary/aromatic N) is 4. The van der Waals surface area contributed by atoms with Gasteiger partial charge >= 0.3 is 0 Å². The van der Waals surface area contributed by atoms with Gasteiger partial charge in [0, 0.05) is 26.2 Å². The molecule has 3 aromatic rings. The summed E-state index contributed by atoms with van der Waals surface area (Å²) in [6.07, 6.45) is 1.68. The lowest BCUT2D eigenvalue weighted by Gasteiger charge is -2.34. The highest BCUT2D eigenvalue weighted by molar-refractivity contribution is 7.89. The van der Waals surface area contributed by atoms with Crippen LogP contribution < -0.4 is 4.74 Å². The van der Waals surface area contributed by atoms with Gasteiger partial charge in [-0.25, -0.2) is 13.1 Å². The fourth-order valence-corrected chi connectivity index (χ4v) is 6.34. The molecule has 0 aliphatic carbocycles. The van der Waals surface area contributed by atoms with Crippen molar-refractivity contribution < 1.29 is 17.9 Å². The van der Waals surface area contributed by atoms with Gasteiger partial charge in [0.2, 0.25) is 10.0 Å². The molecule has 2 heterocycles. The van der Waals surface area contributed by atoms with Gasteiger partial charge in [0.05, 0.1) is 23.9 Å². The first-order chi connectivity index (χ1) is 16.1. The summed E-state index contributed by atoms with van der Waals surface area (Å²) in [5.41, 5.74) is 4.49. The number of piperazine rings is 1. The molecule has 0 spiro atoms. The summed E-state index contributed by atoms with van der Waals surface area (Å²) in [7, 11) is -2.17. The third-order valence-electron chi connectivity index (χ3n) is 6.54. The summed E-state index contributed by atoms with van der Waals surface area (Å²) >= 11 is 0. The zero-order valence-corrected chi connectivity index (χ0v) is 21.0. The molecular formula is C25H30N4O4S. The lowest BCUT2D eigenvalue weighted by Crippen LogP contribution is -2.50. The Morgan fingerprint density at radius 2 is 1.53 bits per heavy atom. The smallest absolute Gasteiger partial charge is 0.278 e. The summed E-state index contributed by atoms with van der Waals surface area (Å²) in [4.78, 5) is 15.3. The molecule has 0 unspecified atom stereocenters. The van der Waals surface area contributed by atoms with E-state index < -0.39 is 10.0 Å². The van der Waals surface area contributed by atoms with Gasteiger partial charge in [0.15, 0.2) is 11.4 Å². The van der Waals surface area contributed by atoms with E-state index in [1.807, 2.05) is 64.1 Å². The number of hydrogen-bond donors (Lipinski definition) is 0. The highest BCUT2D eigenvalue weighted by atomic mass is 32.2. The van der Waals surface area contributed by atoms with Crippen LogP contribution in [0.25, 0.3) is 5.69 Å². The summed E-state index contributed by atoms with van der Waals surface area (Å²) in [5.74, 6) is 0.104. The molecule has 1 aromatic heterocycles. The van der Waals surface area contributed by atoms with E-state index in [0.717, 1.165) is 27.9 Å². The van der Waals surface area contributed by atoms with Gasteiger partial charge in [0.25, 0.3) is 5.91 Å². The van der Waals surface area contributed by atoms with Crippen molar-refractivity contribution in [1.82, 2.24) is 19.0 Å². The molecule has 1 fully saturated rings. The Balaban J connectivity index is 1.54. The number of benzene rings is 2. The first-order valence-electron chi connectivity index (χ1n) is 11.2. The maximum atomic E-state index is 13.5. The van der Waals surface area contributed by atoms with Gasteiger partial charge < -0.3 is 9.64 Å². The molecule has 0 radical (unpaired) electrons. The molecule has 1 aliphatic heterocycles. The number of rotatable bonds is 5. The van der Waals surface area contributed by atoms with Crippen molar-refractivity contribution in [2.24, 2.45) is 0 Å². The van der Waals surface area contributed by atoms with Gasteiger partial charge in [-0.05, 0) is 62.1 Å². The second kappa shape index (κ2) is 9.23. The number of ether oxygens (including phenoxy) is 1. The lowest BCUT2D eigenvalue weighted by atomic mass is 10.0. The summed E-state index contributed by atoms with van der Waals surface area (Å²) in [6, 6.07) is 11.5. The molecule has 180 valence electrons. The maximum Gasteiger partial charge on any atom is 0.278 e. The number of carbonyl (C=O) groups is 1. The van der Waals surface area contributed by atoms with Crippen molar-refractivity contribution in [3.63, 3.8) is 0 Å². The van der Waals surface area contributed by atoms with E-state index in [1.165, 1.54) is 11.4 Å². The van der Waals surface area contributed by atoms with Crippen molar-refractivity contribution in [3.05, 3.63) is 70.5 Å². The first kappa shape index (κ1) is 24.0. The number of aryl methyl sites for hydroxylation is 2. The van der Waals surface area contributed by atoms with Crippen LogP contribution in [0.1, 0.15) is 32.7 Å². The molecule has 1 amide bonds. The fourth-order valence-electron chi connectivity index (χ4n) is 4.35. The van der Waals surface area contributed by atoms with Crippen LogP contribution >= 0.6 is 0 Å². The average Bonchev–Trinajstić information content (AvgIpc) is 3.27. The largest absolute Gasteiger partial charge is 0.493 e. The minimum atomic E-state index is -3.68. The third-order valence-corrected chi connectivity index (χ3v) is 8.72. The van der Waals surface area contributed by atoms with Crippen molar-refractivity contribution >= 4 is 15.9 Å². The van der Waals surface area contributed by atoms with Gasteiger partial charge in [0.1, 0.15) is 0 Å². The molecule has 2 aromatic carbocycles. The quantitative estimate of drug-likeness (QED) is 0.557. The molecule has 9 heteroatoms. The van der Waals surface area contributed by atoms with E-state index in [-0.39, 0.29) is 37.8 Å². The molecule has 1 aliphatic rings. The van der Waals surface area contributed by atoms with Crippen LogP contribution in [0.15, 0.2) is 47.5 Å². The summed E-state index contributed by atoms with van der Waals surface area (Å²) < 4.78 is 35.5. The normalized spacial score (nSPS) is 14.9. The molecule has 0 bridgehead atoms. The maximum absolute atomic E-state index is 13.5. The summed E-state index contributed by atoms with van der Waals surface area (Å²) in [6.45, 7) is 8.57. The second-order valence-corrected chi connectivity index (χ2v) is 10.5. The van der Waals surface area contributed by atoms with E-state index in [9.17, 15) is 13.2 Å². The molecule has 34 heavy (non-hydrogen) atoms.